The molecule has 0 aromatic heterocycles. The van der Waals surface area contributed by atoms with Gasteiger partial charge in [0.05, 0.1) is 6.61 Å². The number of nitrogens with zero attached hydrogens (tertiary/aromatic N) is 2. The molecule has 1 amide bonds. The number of carbonyl (C=O) groups excluding carboxylic acids is 1. The Balaban J connectivity index is 1.68. The molecule has 0 atom stereocenters. The van der Waals surface area contributed by atoms with Gasteiger partial charge in [-0.15, -0.1) is 0 Å². The first-order chi connectivity index (χ1) is 10.7. The maximum atomic E-state index is 11.7. The molecule has 1 aromatic rings. The highest BCUT2D eigenvalue weighted by Crippen LogP contribution is 2.17. The van der Waals surface area contributed by atoms with E-state index in [4.69, 9.17) is 4.74 Å². The van der Waals surface area contributed by atoms with E-state index in [-0.39, 0.29) is 5.91 Å². The molecular formula is C17H27N3O2. The lowest BCUT2D eigenvalue weighted by molar-refractivity contribution is -0.121. The lowest BCUT2D eigenvalue weighted by Gasteiger charge is -2.36. The summed E-state index contributed by atoms with van der Waals surface area (Å²) in [4.78, 5) is 16.5. The van der Waals surface area contributed by atoms with Crippen molar-refractivity contribution in [3.8, 4) is 0 Å². The molecule has 22 heavy (non-hydrogen) atoms. The van der Waals surface area contributed by atoms with E-state index < -0.39 is 0 Å². The van der Waals surface area contributed by atoms with Crippen molar-refractivity contribution in [1.29, 1.82) is 0 Å². The number of methoxy groups -OCH3 is 1. The molecule has 1 aliphatic heterocycles. The van der Waals surface area contributed by atoms with E-state index in [1.54, 1.807) is 7.11 Å². The average molecular weight is 305 g/mol. The van der Waals surface area contributed by atoms with Gasteiger partial charge >= 0.3 is 0 Å². The van der Waals surface area contributed by atoms with E-state index >= 15 is 0 Å². The second kappa shape index (κ2) is 8.76. The fourth-order valence-corrected chi connectivity index (χ4v) is 2.69. The number of carbonyl (C=O) groups is 1. The lowest BCUT2D eigenvalue weighted by atomic mass is 10.2. The van der Waals surface area contributed by atoms with Crippen LogP contribution in [0, 0.1) is 6.92 Å². The summed E-state index contributed by atoms with van der Waals surface area (Å²) in [6.07, 6.45) is 0.564. The predicted molar refractivity (Wildman–Crippen MR) is 89.3 cm³/mol. The Kier molecular flexibility index (Phi) is 6.68. The minimum absolute atomic E-state index is 0.109. The van der Waals surface area contributed by atoms with Gasteiger partial charge in [-0.2, -0.15) is 0 Å². The molecule has 1 aromatic carbocycles. The highest BCUT2D eigenvalue weighted by molar-refractivity contribution is 5.76. The van der Waals surface area contributed by atoms with Gasteiger partial charge in [-0.1, -0.05) is 12.1 Å². The van der Waals surface area contributed by atoms with Crippen LogP contribution < -0.4 is 10.2 Å². The molecule has 5 nitrogen and oxygen atoms in total. The fourth-order valence-electron chi connectivity index (χ4n) is 2.69. The number of rotatable bonds is 7. The summed E-state index contributed by atoms with van der Waals surface area (Å²) in [6.45, 7) is 8.20. The van der Waals surface area contributed by atoms with Crippen molar-refractivity contribution >= 4 is 11.6 Å². The quantitative estimate of drug-likeness (QED) is 0.771. The summed E-state index contributed by atoms with van der Waals surface area (Å²) < 4.78 is 4.92. The number of piperazine rings is 1. The molecule has 0 radical (unpaired) electrons. The summed E-state index contributed by atoms with van der Waals surface area (Å²) in [5, 5.41) is 2.86. The van der Waals surface area contributed by atoms with Crippen molar-refractivity contribution in [3.05, 3.63) is 29.8 Å². The monoisotopic (exact) mass is 305 g/mol. The third-order valence-corrected chi connectivity index (χ3v) is 4.02. The van der Waals surface area contributed by atoms with E-state index in [0.717, 1.165) is 32.7 Å². The van der Waals surface area contributed by atoms with Crippen LogP contribution in [0.2, 0.25) is 0 Å². The second-order valence-corrected chi connectivity index (χ2v) is 5.76. The highest BCUT2D eigenvalue weighted by atomic mass is 16.5. The van der Waals surface area contributed by atoms with Crippen molar-refractivity contribution < 1.29 is 9.53 Å². The number of amides is 1. The third-order valence-electron chi connectivity index (χ3n) is 4.02. The summed E-state index contributed by atoms with van der Waals surface area (Å²) in [5.74, 6) is 0.109. The molecule has 122 valence electrons. The van der Waals surface area contributed by atoms with Crippen molar-refractivity contribution in [3.63, 3.8) is 0 Å². The number of hydrogen-bond acceptors (Lipinski definition) is 4. The minimum Gasteiger partial charge on any atom is -0.383 e. The molecule has 1 heterocycles. The molecule has 0 aliphatic carbocycles. The number of ether oxygens (including phenoxy) is 1. The van der Waals surface area contributed by atoms with Crippen molar-refractivity contribution in [2.24, 2.45) is 0 Å². The molecule has 0 saturated carbocycles. The van der Waals surface area contributed by atoms with E-state index in [9.17, 15) is 4.79 Å². The fraction of sp³-hybridized carbons (Fsp3) is 0.588. The molecule has 0 unspecified atom stereocenters. The first-order valence-electron chi connectivity index (χ1n) is 7.98. The number of aryl methyl sites for hydroxylation is 1. The van der Waals surface area contributed by atoms with Crippen LogP contribution in [-0.4, -0.2) is 63.8 Å². The Hall–Kier alpha value is -1.59. The van der Waals surface area contributed by atoms with Crippen LogP contribution in [0.4, 0.5) is 5.69 Å². The van der Waals surface area contributed by atoms with Gasteiger partial charge in [0.25, 0.3) is 0 Å². The largest absolute Gasteiger partial charge is 0.383 e. The van der Waals surface area contributed by atoms with Gasteiger partial charge in [0.15, 0.2) is 0 Å². The first kappa shape index (κ1) is 16.8. The van der Waals surface area contributed by atoms with Crippen LogP contribution >= 0.6 is 0 Å². The molecule has 1 saturated heterocycles. The van der Waals surface area contributed by atoms with Crippen LogP contribution in [0.25, 0.3) is 0 Å². The molecular weight excluding hydrogens is 278 g/mol. The van der Waals surface area contributed by atoms with Gasteiger partial charge in [-0.25, -0.2) is 0 Å². The Labute approximate surface area is 133 Å². The van der Waals surface area contributed by atoms with E-state index in [1.807, 2.05) is 0 Å². The molecule has 1 aliphatic rings. The number of benzene rings is 1. The number of anilines is 1. The first-order valence-corrected chi connectivity index (χ1v) is 7.98. The van der Waals surface area contributed by atoms with Crippen LogP contribution in [0.1, 0.15) is 12.0 Å². The Morgan fingerprint density at radius 3 is 2.73 bits per heavy atom. The molecule has 1 fully saturated rings. The zero-order valence-electron chi connectivity index (χ0n) is 13.7. The Morgan fingerprint density at radius 1 is 1.27 bits per heavy atom. The molecule has 0 bridgehead atoms. The van der Waals surface area contributed by atoms with Crippen molar-refractivity contribution in [2.75, 3.05) is 57.9 Å². The van der Waals surface area contributed by atoms with Gasteiger partial charge < -0.3 is 15.0 Å². The van der Waals surface area contributed by atoms with Crippen molar-refractivity contribution in [2.45, 2.75) is 13.3 Å². The number of hydrogen-bond donors (Lipinski definition) is 1. The van der Waals surface area contributed by atoms with Gasteiger partial charge in [-0.05, 0) is 24.6 Å². The lowest BCUT2D eigenvalue weighted by Crippen LogP contribution is -2.47. The predicted octanol–water partition coefficient (Wildman–Crippen LogP) is 1.27. The molecule has 1 N–H and O–H groups in total. The van der Waals surface area contributed by atoms with Crippen LogP contribution in [0.5, 0.6) is 0 Å². The smallest absolute Gasteiger partial charge is 0.221 e. The summed E-state index contributed by atoms with van der Waals surface area (Å²) in [5.41, 5.74) is 2.60. The van der Waals surface area contributed by atoms with E-state index in [1.165, 1.54) is 11.3 Å². The highest BCUT2D eigenvalue weighted by Gasteiger charge is 2.17. The van der Waals surface area contributed by atoms with Crippen molar-refractivity contribution in [1.82, 2.24) is 10.2 Å². The van der Waals surface area contributed by atoms with Crippen LogP contribution in [-0.2, 0) is 9.53 Å². The van der Waals surface area contributed by atoms with E-state index in [2.05, 4.69) is 46.3 Å². The normalized spacial score (nSPS) is 15.8. The average Bonchev–Trinajstić information content (AvgIpc) is 2.54. The van der Waals surface area contributed by atoms with Crippen LogP contribution in [0.3, 0.4) is 0 Å². The molecule has 2 rings (SSSR count). The van der Waals surface area contributed by atoms with Gasteiger partial charge in [0, 0.05) is 58.5 Å². The topological polar surface area (TPSA) is 44.8 Å². The Bertz CT molecular complexity index is 471. The zero-order chi connectivity index (χ0) is 15.8. The van der Waals surface area contributed by atoms with E-state index in [0.29, 0.717) is 19.6 Å². The minimum atomic E-state index is 0.109. The number of nitrogens with one attached hydrogen (secondary N) is 1. The summed E-state index contributed by atoms with van der Waals surface area (Å²) in [6, 6.07) is 8.65. The SMILES string of the molecule is COCCNC(=O)CCN1CCN(c2cccc(C)c2)CC1. The molecule has 0 spiro atoms. The Morgan fingerprint density at radius 2 is 2.05 bits per heavy atom. The van der Waals surface area contributed by atoms with Gasteiger partial charge in [0.1, 0.15) is 0 Å². The summed E-state index contributed by atoms with van der Waals surface area (Å²) >= 11 is 0. The maximum Gasteiger partial charge on any atom is 0.221 e. The van der Waals surface area contributed by atoms with Crippen LogP contribution in [0.15, 0.2) is 24.3 Å². The summed E-state index contributed by atoms with van der Waals surface area (Å²) in [7, 11) is 1.64. The van der Waals surface area contributed by atoms with Gasteiger partial charge in [0.2, 0.25) is 5.91 Å². The molecule has 5 heteroatoms. The zero-order valence-corrected chi connectivity index (χ0v) is 13.7. The standard InChI is InChI=1S/C17H27N3O2/c1-15-4-3-5-16(14-15)20-11-9-19(10-12-20)8-6-17(21)18-7-13-22-2/h3-5,14H,6-13H2,1-2H3,(H,18,21). The third kappa shape index (κ3) is 5.31. The maximum absolute atomic E-state index is 11.7. The van der Waals surface area contributed by atoms with Gasteiger partial charge in [-0.3, -0.25) is 9.69 Å². The second-order valence-electron chi connectivity index (χ2n) is 5.76.